The van der Waals surface area contributed by atoms with Crippen molar-refractivity contribution in [2.75, 3.05) is 37.1 Å². The number of rotatable bonds is 10. The zero-order valence-electron chi connectivity index (χ0n) is 8.97. The molecule has 0 atom stereocenters. The maximum absolute atomic E-state index is 3.48. The first kappa shape index (κ1) is 13.7. The van der Waals surface area contributed by atoms with Gasteiger partial charge in [-0.1, -0.05) is 6.42 Å². The van der Waals surface area contributed by atoms with Crippen LogP contribution < -0.4 is 5.32 Å². The summed E-state index contributed by atoms with van der Waals surface area (Å²) >= 11 is 3.89. The van der Waals surface area contributed by atoms with Gasteiger partial charge in [0.05, 0.1) is 0 Å². The van der Waals surface area contributed by atoms with Crippen molar-refractivity contribution in [3.8, 4) is 0 Å². The number of thioether (sulfide) groups is 2. The van der Waals surface area contributed by atoms with Crippen LogP contribution in [-0.4, -0.2) is 37.1 Å². The molecule has 0 bridgehead atoms. The van der Waals surface area contributed by atoms with Gasteiger partial charge >= 0.3 is 0 Å². The first-order valence-corrected chi connectivity index (χ1v) is 7.89. The number of hydrogen-bond donors (Lipinski definition) is 1. The van der Waals surface area contributed by atoms with Crippen LogP contribution in [0.25, 0.3) is 0 Å². The van der Waals surface area contributed by atoms with E-state index in [0.717, 1.165) is 0 Å². The largest absolute Gasteiger partial charge is 0.317 e. The predicted molar refractivity (Wildman–Crippen MR) is 68.1 cm³/mol. The Morgan fingerprint density at radius 3 is 2.08 bits per heavy atom. The average molecular weight is 221 g/mol. The monoisotopic (exact) mass is 221 g/mol. The second-order valence-corrected chi connectivity index (χ2v) is 5.12. The molecule has 0 fully saturated rings. The lowest BCUT2D eigenvalue weighted by Crippen LogP contribution is -2.17. The highest BCUT2D eigenvalue weighted by Gasteiger charge is 1.89. The van der Waals surface area contributed by atoms with Gasteiger partial charge in [0.1, 0.15) is 0 Å². The highest BCUT2D eigenvalue weighted by Crippen LogP contribution is 2.01. The van der Waals surface area contributed by atoms with E-state index < -0.39 is 0 Å². The van der Waals surface area contributed by atoms with Crippen molar-refractivity contribution in [2.24, 2.45) is 0 Å². The third-order valence-electron chi connectivity index (χ3n) is 1.90. The van der Waals surface area contributed by atoms with Gasteiger partial charge in [0.25, 0.3) is 0 Å². The van der Waals surface area contributed by atoms with Crippen molar-refractivity contribution < 1.29 is 0 Å². The highest BCUT2D eigenvalue weighted by atomic mass is 32.2. The topological polar surface area (TPSA) is 12.0 Å². The third-order valence-corrected chi connectivity index (χ3v) is 3.30. The van der Waals surface area contributed by atoms with Gasteiger partial charge in [-0.15, -0.1) is 0 Å². The maximum atomic E-state index is 3.48. The van der Waals surface area contributed by atoms with E-state index in [-0.39, 0.29) is 0 Å². The summed E-state index contributed by atoms with van der Waals surface area (Å²) in [7, 11) is 0. The number of nitrogens with one attached hydrogen (secondary N) is 1. The number of hydrogen-bond acceptors (Lipinski definition) is 3. The second kappa shape index (κ2) is 12.7. The standard InChI is InChI=1S/C10H23NS2/c1-12-9-5-3-4-7-11-8-6-10-13-2/h11H,3-10H2,1-2H3. The predicted octanol–water partition coefficient (Wildman–Crippen LogP) is 2.86. The molecule has 0 aromatic heterocycles. The first-order valence-electron chi connectivity index (χ1n) is 5.10. The Labute approximate surface area is 91.8 Å². The summed E-state index contributed by atoms with van der Waals surface area (Å²) in [6, 6.07) is 0. The van der Waals surface area contributed by atoms with Crippen LogP contribution in [0.1, 0.15) is 25.7 Å². The molecule has 1 nitrogen and oxygen atoms in total. The molecule has 0 aliphatic carbocycles. The zero-order valence-corrected chi connectivity index (χ0v) is 10.6. The Morgan fingerprint density at radius 1 is 0.769 bits per heavy atom. The van der Waals surface area contributed by atoms with E-state index in [0.29, 0.717) is 0 Å². The summed E-state index contributed by atoms with van der Waals surface area (Å²) < 4.78 is 0. The molecule has 3 heteroatoms. The fraction of sp³-hybridized carbons (Fsp3) is 1.00. The third kappa shape index (κ3) is 12.7. The summed E-state index contributed by atoms with van der Waals surface area (Å²) in [6.45, 7) is 2.41. The molecule has 0 aliphatic rings. The van der Waals surface area contributed by atoms with Crippen molar-refractivity contribution >= 4 is 23.5 Å². The van der Waals surface area contributed by atoms with Gasteiger partial charge in [0.15, 0.2) is 0 Å². The zero-order chi connectivity index (χ0) is 9.78. The Kier molecular flexibility index (Phi) is 13.3. The van der Waals surface area contributed by atoms with Gasteiger partial charge in [0.2, 0.25) is 0 Å². The van der Waals surface area contributed by atoms with Crippen LogP contribution in [0.15, 0.2) is 0 Å². The van der Waals surface area contributed by atoms with E-state index in [4.69, 9.17) is 0 Å². The minimum Gasteiger partial charge on any atom is -0.317 e. The molecule has 0 aliphatic heterocycles. The molecule has 0 rings (SSSR count). The van der Waals surface area contributed by atoms with Crippen LogP contribution in [0.2, 0.25) is 0 Å². The maximum Gasteiger partial charge on any atom is -0.00411 e. The van der Waals surface area contributed by atoms with Gasteiger partial charge in [-0.05, 0) is 56.4 Å². The summed E-state index contributed by atoms with van der Waals surface area (Å²) in [6.07, 6.45) is 9.78. The molecule has 0 aromatic carbocycles. The van der Waals surface area contributed by atoms with Crippen LogP contribution in [0.3, 0.4) is 0 Å². The molecule has 0 saturated heterocycles. The number of unbranched alkanes of at least 4 members (excludes halogenated alkanes) is 2. The Hall–Kier alpha value is 0.660. The summed E-state index contributed by atoms with van der Waals surface area (Å²) in [5, 5.41) is 3.48. The lowest BCUT2D eigenvalue weighted by molar-refractivity contribution is 0.615. The molecule has 0 aromatic rings. The quantitative estimate of drug-likeness (QED) is 0.570. The second-order valence-electron chi connectivity index (χ2n) is 3.15. The highest BCUT2D eigenvalue weighted by molar-refractivity contribution is 7.98. The van der Waals surface area contributed by atoms with Gasteiger partial charge < -0.3 is 5.32 Å². The van der Waals surface area contributed by atoms with Crippen LogP contribution in [-0.2, 0) is 0 Å². The van der Waals surface area contributed by atoms with Gasteiger partial charge in [-0.25, -0.2) is 0 Å². The Bertz CT molecular complexity index is 79.0. The molecule has 13 heavy (non-hydrogen) atoms. The van der Waals surface area contributed by atoms with Crippen molar-refractivity contribution in [3.63, 3.8) is 0 Å². The van der Waals surface area contributed by atoms with E-state index in [1.807, 2.05) is 23.5 Å². The van der Waals surface area contributed by atoms with Crippen molar-refractivity contribution in [1.29, 1.82) is 0 Å². The van der Waals surface area contributed by atoms with E-state index in [9.17, 15) is 0 Å². The van der Waals surface area contributed by atoms with Gasteiger partial charge in [-0.2, -0.15) is 23.5 Å². The molecule has 1 N–H and O–H groups in total. The summed E-state index contributed by atoms with van der Waals surface area (Å²) in [5.74, 6) is 2.62. The van der Waals surface area contributed by atoms with Crippen LogP contribution in [0.5, 0.6) is 0 Å². The van der Waals surface area contributed by atoms with Crippen molar-refractivity contribution in [3.05, 3.63) is 0 Å². The summed E-state index contributed by atoms with van der Waals surface area (Å²) in [4.78, 5) is 0. The molecule has 0 spiro atoms. The molecule has 0 saturated carbocycles. The minimum absolute atomic E-state index is 1.20. The van der Waals surface area contributed by atoms with Crippen molar-refractivity contribution in [1.82, 2.24) is 5.32 Å². The molecule has 0 heterocycles. The lowest BCUT2D eigenvalue weighted by atomic mass is 10.2. The SMILES string of the molecule is CSCCCCCNCCCSC. The van der Waals surface area contributed by atoms with Gasteiger partial charge in [-0.3, -0.25) is 0 Å². The molecule has 0 radical (unpaired) electrons. The molecule has 0 amide bonds. The van der Waals surface area contributed by atoms with Crippen LogP contribution in [0.4, 0.5) is 0 Å². The van der Waals surface area contributed by atoms with E-state index in [2.05, 4.69) is 17.8 Å². The summed E-state index contributed by atoms with van der Waals surface area (Å²) in [5.41, 5.74) is 0. The van der Waals surface area contributed by atoms with Crippen LogP contribution in [0, 0.1) is 0 Å². The van der Waals surface area contributed by atoms with Crippen molar-refractivity contribution in [2.45, 2.75) is 25.7 Å². The van der Waals surface area contributed by atoms with E-state index >= 15 is 0 Å². The minimum atomic E-state index is 1.20. The Morgan fingerprint density at radius 2 is 1.38 bits per heavy atom. The normalized spacial score (nSPS) is 10.6. The van der Waals surface area contributed by atoms with E-state index in [1.54, 1.807) is 0 Å². The smallest absolute Gasteiger partial charge is 0.00411 e. The first-order chi connectivity index (χ1) is 6.41. The molecular formula is C10H23NS2. The Balaban J connectivity index is 2.76. The van der Waals surface area contributed by atoms with Crippen LogP contribution >= 0.6 is 23.5 Å². The molecule has 0 unspecified atom stereocenters. The van der Waals surface area contributed by atoms with Gasteiger partial charge in [0, 0.05) is 0 Å². The molecular weight excluding hydrogens is 198 g/mol. The fourth-order valence-electron chi connectivity index (χ4n) is 1.14. The molecule has 80 valence electrons. The van der Waals surface area contributed by atoms with E-state index in [1.165, 1.54) is 50.3 Å². The fourth-order valence-corrected chi connectivity index (χ4v) is 2.07. The average Bonchev–Trinajstić information content (AvgIpc) is 2.16. The lowest BCUT2D eigenvalue weighted by Gasteiger charge is -2.03.